The van der Waals surface area contributed by atoms with Gasteiger partial charge in [-0.05, 0) is 37.5 Å². The lowest BCUT2D eigenvalue weighted by molar-refractivity contribution is -0.133. The second-order valence-corrected chi connectivity index (χ2v) is 9.80. The maximum Gasteiger partial charge on any atom is 0.275 e. The van der Waals surface area contributed by atoms with Gasteiger partial charge < -0.3 is 10.2 Å². The van der Waals surface area contributed by atoms with E-state index in [1.54, 1.807) is 29.5 Å². The molecule has 0 atom stereocenters. The molecule has 1 saturated heterocycles. The molecule has 162 valence electrons. The van der Waals surface area contributed by atoms with Gasteiger partial charge in [-0.1, -0.05) is 44.5 Å². The first-order valence-electron chi connectivity index (χ1n) is 10.3. The van der Waals surface area contributed by atoms with E-state index >= 15 is 0 Å². The van der Waals surface area contributed by atoms with Crippen LogP contribution in [0.2, 0.25) is 5.02 Å². The summed E-state index contributed by atoms with van der Waals surface area (Å²) in [6.45, 7) is 10.6. The molecule has 0 bridgehead atoms. The topological polar surface area (TPSA) is 79.6 Å². The van der Waals surface area contributed by atoms with Crippen LogP contribution in [0.3, 0.4) is 0 Å². The lowest BCUT2D eigenvalue weighted by Gasteiger charge is -2.40. The van der Waals surface area contributed by atoms with Crippen LogP contribution in [0.4, 0.5) is 0 Å². The molecule has 3 heterocycles. The van der Waals surface area contributed by atoms with Gasteiger partial charge in [0.15, 0.2) is 5.65 Å². The standard InChI is InChI=1S/C23H26ClN5O2/c1-22(2,3)16-12-17(14-6-8-15(24)9-7-14)27-29-13-18(26-19(16)29)20(30)28-11-10-25-21(31)23(28,4)5/h6-9,12-13H,10-11H2,1-5H3,(H,25,31). The third-order valence-electron chi connectivity index (χ3n) is 5.69. The summed E-state index contributed by atoms with van der Waals surface area (Å²) in [5.41, 5.74) is 2.40. The minimum absolute atomic E-state index is 0.172. The number of carbonyl (C=O) groups is 2. The number of carbonyl (C=O) groups excluding carboxylic acids is 2. The van der Waals surface area contributed by atoms with Crippen molar-refractivity contribution < 1.29 is 9.59 Å². The summed E-state index contributed by atoms with van der Waals surface area (Å²) in [5, 5.41) is 8.18. The number of hydrogen-bond acceptors (Lipinski definition) is 4. The third-order valence-corrected chi connectivity index (χ3v) is 5.94. The molecule has 8 heteroatoms. The van der Waals surface area contributed by atoms with Crippen LogP contribution in [-0.4, -0.2) is 49.9 Å². The van der Waals surface area contributed by atoms with Gasteiger partial charge in [0.05, 0.1) is 11.9 Å². The smallest absolute Gasteiger partial charge is 0.275 e. The Labute approximate surface area is 186 Å². The first-order chi connectivity index (χ1) is 14.5. The zero-order chi connectivity index (χ0) is 22.6. The van der Waals surface area contributed by atoms with Gasteiger partial charge in [0.2, 0.25) is 5.91 Å². The fourth-order valence-corrected chi connectivity index (χ4v) is 3.91. The Hall–Kier alpha value is -2.93. The van der Waals surface area contributed by atoms with Crippen molar-refractivity contribution in [3.63, 3.8) is 0 Å². The summed E-state index contributed by atoms with van der Waals surface area (Å²) in [6.07, 6.45) is 1.65. The van der Waals surface area contributed by atoms with Crippen molar-refractivity contribution in [3.05, 3.63) is 52.8 Å². The molecule has 0 radical (unpaired) electrons. The van der Waals surface area contributed by atoms with E-state index in [0.29, 0.717) is 23.8 Å². The number of nitrogens with one attached hydrogen (secondary N) is 1. The lowest BCUT2D eigenvalue weighted by Crippen LogP contribution is -2.63. The van der Waals surface area contributed by atoms with E-state index in [9.17, 15) is 9.59 Å². The number of hydrogen-bond donors (Lipinski definition) is 1. The van der Waals surface area contributed by atoms with E-state index in [1.807, 2.05) is 30.3 Å². The molecule has 2 aromatic heterocycles. The maximum absolute atomic E-state index is 13.3. The monoisotopic (exact) mass is 439 g/mol. The predicted molar refractivity (Wildman–Crippen MR) is 120 cm³/mol. The van der Waals surface area contributed by atoms with Crippen LogP contribution in [0, 0.1) is 0 Å². The summed E-state index contributed by atoms with van der Waals surface area (Å²) in [4.78, 5) is 31.8. The molecule has 1 N–H and O–H groups in total. The fourth-order valence-electron chi connectivity index (χ4n) is 3.79. The SMILES string of the molecule is CC(C)(C)c1cc(-c2ccc(Cl)cc2)nn2cc(C(=O)N3CCNC(=O)C3(C)C)nc12. The van der Waals surface area contributed by atoms with Crippen LogP contribution in [0.15, 0.2) is 36.5 Å². The Balaban J connectivity index is 1.83. The molecule has 1 aliphatic heterocycles. The van der Waals surface area contributed by atoms with Gasteiger partial charge in [-0.15, -0.1) is 0 Å². The van der Waals surface area contributed by atoms with Gasteiger partial charge in [-0.2, -0.15) is 5.10 Å². The molecule has 2 amide bonds. The normalized spacial score (nSPS) is 16.5. The molecule has 4 rings (SSSR count). The second-order valence-electron chi connectivity index (χ2n) is 9.37. The highest BCUT2D eigenvalue weighted by atomic mass is 35.5. The van der Waals surface area contributed by atoms with Crippen molar-refractivity contribution in [2.45, 2.75) is 45.6 Å². The Morgan fingerprint density at radius 2 is 1.87 bits per heavy atom. The van der Waals surface area contributed by atoms with E-state index < -0.39 is 5.54 Å². The molecule has 1 fully saturated rings. The average Bonchev–Trinajstić information content (AvgIpc) is 3.12. The van der Waals surface area contributed by atoms with Gasteiger partial charge in [-0.25, -0.2) is 9.50 Å². The number of piperazine rings is 1. The third kappa shape index (κ3) is 3.78. The van der Waals surface area contributed by atoms with Crippen molar-refractivity contribution in [3.8, 4) is 11.3 Å². The quantitative estimate of drug-likeness (QED) is 0.660. The summed E-state index contributed by atoms with van der Waals surface area (Å²) in [7, 11) is 0. The van der Waals surface area contributed by atoms with Crippen molar-refractivity contribution in [2.24, 2.45) is 0 Å². The van der Waals surface area contributed by atoms with Crippen LogP contribution in [0.5, 0.6) is 0 Å². The van der Waals surface area contributed by atoms with Crippen LogP contribution >= 0.6 is 11.6 Å². The number of benzene rings is 1. The van der Waals surface area contributed by atoms with Gasteiger partial charge in [0.25, 0.3) is 5.91 Å². The number of halogens is 1. The zero-order valence-corrected chi connectivity index (χ0v) is 19.1. The highest BCUT2D eigenvalue weighted by Crippen LogP contribution is 2.31. The van der Waals surface area contributed by atoms with Gasteiger partial charge >= 0.3 is 0 Å². The Morgan fingerprint density at radius 1 is 1.19 bits per heavy atom. The van der Waals surface area contributed by atoms with Crippen molar-refractivity contribution in [1.82, 2.24) is 24.8 Å². The molecule has 0 spiro atoms. The first-order valence-corrected chi connectivity index (χ1v) is 10.6. The summed E-state index contributed by atoms with van der Waals surface area (Å²) < 4.78 is 1.66. The Bertz CT molecular complexity index is 1180. The number of fused-ring (bicyclic) bond motifs is 1. The van der Waals surface area contributed by atoms with Crippen LogP contribution in [0.25, 0.3) is 16.9 Å². The number of aromatic nitrogens is 3. The lowest BCUT2D eigenvalue weighted by atomic mass is 9.87. The summed E-state index contributed by atoms with van der Waals surface area (Å²) >= 11 is 6.04. The molecule has 31 heavy (non-hydrogen) atoms. The van der Waals surface area contributed by atoms with E-state index in [0.717, 1.165) is 16.8 Å². The van der Waals surface area contributed by atoms with Crippen molar-refractivity contribution >= 4 is 29.1 Å². The van der Waals surface area contributed by atoms with Crippen LogP contribution in [0.1, 0.15) is 50.7 Å². The highest BCUT2D eigenvalue weighted by molar-refractivity contribution is 6.30. The summed E-state index contributed by atoms with van der Waals surface area (Å²) in [5.74, 6) is -0.451. The molecular weight excluding hydrogens is 414 g/mol. The largest absolute Gasteiger partial charge is 0.352 e. The van der Waals surface area contributed by atoms with E-state index in [2.05, 4.69) is 31.1 Å². The van der Waals surface area contributed by atoms with Crippen LogP contribution < -0.4 is 5.32 Å². The van der Waals surface area contributed by atoms with Crippen molar-refractivity contribution in [1.29, 1.82) is 0 Å². The predicted octanol–water partition coefficient (Wildman–Crippen LogP) is 3.70. The Morgan fingerprint density at radius 3 is 2.52 bits per heavy atom. The number of amides is 2. The maximum atomic E-state index is 13.3. The van der Waals surface area contributed by atoms with E-state index in [-0.39, 0.29) is 22.9 Å². The van der Waals surface area contributed by atoms with Gasteiger partial charge in [-0.3, -0.25) is 9.59 Å². The van der Waals surface area contributed by atoms with Gasteiger partial charge in [0.1, 0.15) is 11.2 Å². The average molecular weight is 440 g/mol. The second kappa shape index (κ2) is 7.34. The fraction of sp³-hybridized carbons (Fsp3) is 0.391. The molecular formula is C23H26ClN5O2. The molecule has 0 saturated carbocycles. The minimum atomic E-state index is -0.945. The molecule has 0 unspecified atom stereocenters. The molecule has 3 aromatic rings. The minimum Gasteiger partial charge on any atom is -0.352 e. The molecule has 1 aromatic carbocycles. The van der Waals surface area contributed by atoms with Crippen LogP contribution in [-0.2, 0) is 10.2 Å². The summed E-state index contributed by atoms with van der Waals surface area (Å²) in [6, 6.07) is 9.50. The number of rotatable bonds is 2. The Kier molecular flexibility index (Phi) is 5.04. The highest BCUT2D eigenvalue weighted by Gasteiger charge is 2.41. The molecule has 1 aliphatic rings. The zero-order valence-electron chi connectivity index (χ0n) is 18.4. The molecule has 0 aliphatic carbocycles. The number of nitrogens with zero attached hydrogens (tertiary/aromatic N) is 4. The van der Waals surface area contributed by atoms with Gasteiger partial charge in [0, 0.05) is 29.2 Å². The number of imidazole rings is 1. The van der Waals surface area contributed by atoms with E-state index in [4.69, 9.17) is 16.7 Å². The molecule has 7 nitrogen and oxygen atoms in total. The van der Waals surface area contributed by atoms with E-state index in [1.165, 1.54) is 0 Å². The van der Waals surface area contributed by atoms with Crippen molar-refractivity contribution in [2.75, 3.05) is 13.1 Å². The first kappa shape index (κ1) is 21.3.